The molecule has 0 atom stereocenters. The molecule has 16 heteroatoms. The standard InChI is InChI=1S/C39H56F2N8O6/c1-38(2,3)54-36(51)43-17-8-9-19-47(7)21-25-12-14-28(15-13-25)49-23-29(32(46-49)33(40)41)44-34(50)30-24-53-35(45-30)27-16-18-42-31(20-27)48(22-26-10-11-26)37(52)55-39(4,5)6/h16,18,20,23-26,28,33H,8-15,17,19,21-22H2,1-7H3,(H,43,51)(H,44,50). The van der Waals surface area contributed by atoms with E-state index in [1.807, 2.05) is 20.8 Å². The summed E-state index contributed by atoms with van der Waals surface area (Å²) < 4.78 is 46.4. The van der Waals surface area contributed by atoms with Gasteiger partial charge in [-0.1, -0.05) is 0 Å². The molecule has 3 heterocycles. The summed E-state index contributed by atoms with van der Waals surface area (Å²) in [4.78, 5) is 50.6. The van der Waals surface area contributed by atoms with Crippen molar-refractivity contribution in [3.63, 3.8) is 0 Å². The van der Waals surface area contributed by atoms with Gasteiger partial charge in [0.1, 0.15) is 23.3 Å². The zero-order valence-electron chi connectivity index (χ0n) is 33.1. The number of hydrogen-bond acceptors (Lipinski definition) is 10. The lowest BCUT2D eigenvalue weighted by Crippen LogP contribution is -2.38. The number of nitrogens with one attached hydrogen (secondary N) is 2. The van der Waals surface area contributed by atoms with E-state index in [1.165, 1.54) is 17.3 Å². The van der Waals surface area contributed by atoms with Gasteiger partial charge in [-0.15, -0.1) is 0 Å². The smallest absolute Gasteiger partial charge is 0.416 e. The fourth-order valence-corrected chi connectivity index (χ4v) is 6.52. The lowest BCUT2D eigenvalue weighted by Gasteiger charge is -2.31. The van der Waals surface area contributed by atoms with Crippen LogP contribution < -0.4 is 15.5 Å². The summed E-state index contributed by atoms with van der Waals surface area (Å²) in [6.45, 7) is 13.7. The molecule has 0 aliphatic heterocycles. The molecule has 302 valence electrons. The second kappa shape index (κ2) is 17.9. The lowest BCUT2D eigenvalue weighted by atomic mass is 9.86. The van der Waals surface area contributed by atoms with Gasteiger partial charge in [0.2, 0.25) is 5.89 Å². The number of carbonyl (C=O) groups excluding carboxylic acids is 3. The average Bonchev–Trinajstić information content (AvgIpc) is 3.60. The van der Waals surface area contributed by atoms with Gasteiger partial charge < -0.3 is 29.4 Å². The lowest BCUT2D eigenvalue weighted by molar-refractivity contribution is 0.0524. The van der Waals surface area contributed by atoms with Crippen molar-refractivity contribution < 1.29 is 37.1 Å². The third-order valence-electron chi connectivity index (χ3n) is 9.37. The maximum Gasteiger partial charge on any atom is 0.416 e. The Kier molecular flexibility index (Phi) is 13.5. The van der Waals surface area contributed by atoms with Crippen LogP contribution in [0.15, 0.2) is 35.2 Å². The molecule has 2 fully saturated rings. The molecular formula is C39H56F2N8O6. The Morgan fingerprint density at radius 2 is 1.65 bits per heavy atom. The van der Waals surface area contributed by atoms with Gasteiger partial charge in [-0.3, -0.25) is 14.4 Å². The van der Waals surface area contributed by atoms with Crippen molar-refractivity contribution in [2.45, 2.75) is 117 Å². The predicted molar refractivity (Wildman–Crippen MR) is 203 cm³/mol. The molecule has 0 unspecified atom stereocenters. The fraction of sp³-hybridized carbons (Fsp3) is 0.641. The van der Waals surface area contributed by atoms with Gasteiger partial charge in [-0.25, -0.2) is 28.3 Å². The van der Waals surface area contributed by atoms with E-state index in [0.29, 0.717) is 36.3 Å². The molecule has 2 N–H and O–H groups in total. The van der Waals surface area contributed by atoms with Crippen molar-refractivity contribution in [3.8, 4) is 11.5 Å². The van der Waals surface area contributed by atoms with Crippen LogP contribution in [0.2, 0.25) is 0 Å². The first-order valence-electron chi connectivity index (χ1n) is 19.2. The average molecular weight is 771 g/mol. The number of amides is 3. The van der Waals surface area contributed by atoms with Crippen LogP contribution in [0.3, 0.4) is 0 Å². The number of nitrogens with zero attached hydrogens (tertiary/aromatic N) is 6. The van der Waals surface area contributed by atoms with Crippen LogP contribution >= 0.6 is 0 Å². The normalized spacial score (nSPS) is 17.7. The number of alkyl carbamates (subject to hydrolysis) is 1. The maximum atomic E-state index is 14.1. The van der Waals surface area contributed by atoms with Gasteiger partial charge in [0.05, 0.1) is 11.7 Å². The van der Waals surface area contributed by atoms with Crippen molar-refractivity contribution in [3.05, 3.63) is 42.2 Å². The summed E-state index contributed by atoms with van der Waals surface area (Å²) in [6.07, 6.45) is 7.58. The molecule has 3 aromatic heterocycles. The third kappa shape index (κ3) is 12.7. The molecule has 3 aromatic rings. The highest BCUT2D eigenvalue weighted by Gasteiger charge is 2.32. The Balaban J connectivity index is 1.13. The molecule has 55 heavy (non-hydrogen) atoms. The number of alkyl halides is 2. The van der Waals surface area contributed by atoms with Gasteiger partial charge in [0, 0.05) is 37.6 Å². The van der Waals surface area contributed by atoms with E-state index in [2.05, 4.69) is 37.6 Å². The van der Waals surface area contributed by atoms with Crippen LogP contribution in [-0.4, -0.2) is 87.2 Å². The van der Waals surface area contributed by atoms with E-state index < -0.39 is 41.4 Å². The molecule has 0 saturated heterocycles. The molecule has 3 amide bonds. The zero-order valence-corrected chi connectivity index (χ0v) is 33.1. The summed E-state index contributed by atoms with van der Waals surface area (Å²) in [5, 5.41) is 9.56. The number of unbranched alkanes of at least 4 members (excludes halogenated alkanes) is 1. The molecule has 0 spiro atoms. The van der Waals surface area contributed by atoms with Crippen LogP contribution in [0.5, 0.6) is 0 Å². The molecule has 2 aliphatic rings. The third-order valence-corrected chi connectivity index (χ3v) is 9.37. The number of hydrogen-bond donors (Lipinski definition) is 2. The van der Waals surface area contributed by atoms with E-state index in [-0.39, 0.29) is 23.3 Å². The van der Waals surface area contributed by atoms with Gasteiger partial charge in [-0.2, -0.15) is 5.10 Å². The van der Waals surface area contributed by atoms with Gasteiger partial charge in [0.25, 0.3) is 12.3 Å². The first-order chi connectivity index (χ1) is 25.9. The van der Waals surface area contributed by atoms with Crippen LogP contribution in [0.1, 0.15) is 122 Å². The summed E-state index contributed by atoms with van der Waals surface area (Å²) in [7, 11) is 2.09. The van der Waals surface area contributed by atoms with Crippen molar-refractivity contribution in [1.29, 1.82) is 0 Å². The minimum Gasteiger partial charge on any atom is -0.444 e. The molecular weight excluding hydrogens is 714 g/mol. The second-order valence-electron chi connectivity index (χ2n) is 16.7. The fourth-order valence-electron chi connectivity index (χ4n) is 6.52. The van der Waals surface area contributed by atoms with E-state index in [9.17, 15) is 23.2 Å². The number of rotatable bonds is 15. The number of halogens is 2. The maximum absolute atomic E-state index is 14.1. The summed E-state index contributed by atoms with van der Waals surface area (Å²) >= 11 is 0. The molecule has 2 saturated carbocycles. The van der Waals surface area contributed by atoms with Gasteiger partial charge in [0.15, 0.2) is 11.4 Å². The first kappa shape index (κ1) is 41.6. The Hall–Kier alpha value is -4.60. The van der Waals surface area contributed by atoms with E-state index in [1.54, 1.807) is 37.6 Å². The number of aromatic nitrogens is 4. The minimum atomic E-state index is -2.90. The number of ether oxygens (including phenoxy) is 2. The molecule has 5 rings (SSSR count). The monoisotopic (exact) mass is 770 g/mol. The first-order valence-corrected chi connectivity index (χ1v) is 19.2. The molecule has 2 aliphatic carbocycles. The summed E-state index contributed by atoms with van der Waals surface area (Å²) in [6, 6.07) is 3.21. The predicted octanol–water partition coefficient (Wildman–Crippen LogP) is 8.24. The largest absolute Gasteiger partial charge is 0.444 e. The van der Waals surface area contributed by atoms with Crippen LogP contribution in [-0.2, 0) is 9.47 Å². The molecule has 14 nitrogen and oxygen atoms in total. The van der Waals surface area contributed by atoms with E-state index in [4.69, 9.17) is 13.9 Å². The topological polar surface area (TPSA) is 157 Å². The Labute approximate surface area is 321 Å². The van der Waals surface area contributed by atoms with Gasteiger partial charge >= 0.3 is 12.2 Å². The molecule has 0 radical (unpaired) electrons. The van der Waals surface area contributed by atoms with Crippen LogP contribution in [0.25, 0.3) is 11.5 Å². The highest BCUT2D eigenvalue weighted by atomic mass is 19.3. The van der Waals surface area contributed by atoms with E-state index >= 15 is 0 Å². The molecule has 0 aromatic carbocycles. The summed E-state index contributed by atoms with van der Waals surface area (Å²) in [5.41, 5.74) is -1.42. The molecule has 0 bridgehead atoms. The van der Waals surface area contributed by atoms with Crippen molar-refractivity contribution in [1.82, 2.24) is 30.0 Å². The van der Waals surface area contributed by atoms with Crippen LogP contribution in [0.4, 0.5) is 29.9 Å². The Morgan fingerprint density at radius 3 is 2.31 bits per heavy atom. The SMILES string of the molecule is CN(CCCCNC(=O)OC(C)(C)C)CC1CCC(n2cc(NC(=O)c3coc(-c4ccnc(N(CC5CC5)C(=O)OC(C)(C)C)c4)n3)c(C(F)F)n2)CC1. The van der Waals surface area contributed by atoms with Crippen molar-refractivity contribution in [2.75, 3.05) is 43.4 Å². The van der Waals surface area contributed by atoms with Crippen molar-refractivity contribution in [2.24, 2.45) is 11.8 Å². The second-order valence-corrected chi connectivity index (χ2v) is 16.7. The van der Waals surface area contributed by atoms with E-state index in [0.717, 1.165) is 70.7 Å². The quantitative estimate of drug-likeness (QED) is 0.144. The van der Waals surface area contributed by atoms with Crippen molar-refractivity contribution >= 4 is 29.6 Å². The number of pyridine rings is 1. The minimum absolute atomic E-state index is 0.0664. The van der Waals surface area contributed by atoms with Gasteiger partial charge in [-0.05, 0) is 130 Å². The number of oxazole rings is 1. The zero-order chi connectivity index (χ0) is 39.9. The van der Waals surface area contributed by atoms with Crippen LogP contribution in [0, 0.1) is 11.8 Å². The highest BCUT2D eigenvalue weighted by molar-refractivity contribution is 6.03. The Morgan fingerprint density at radius 1 is 0.982 bits per heavy atom. The number of carbonyl (C=O) groups is 3. The number of anilines is 2. The Bertz CT molecular complexity index is 1750. The highest BCUT2D eigenvalue weighted by Crippen LogP contribution is 2.36. The summed E-state index contributed by atoms with van der Waals surface area (Å²) in [5.74, 6) is 0.583.